The highest BCUT2D eigenvalue weighted by Crippen LogP contribution is 2.66. The Morgan fingerprint density at radius 3 is 1.44 bits per heavy atom. The molecule has 0 atom stereocenters. The highest BCUT2D eigenvalue weighted by molar-refractivity contribution is 6.04. The second-order valence-electron chi connectivity index (χ2n) is 18.3. The first-order valence-corrected chi connectivity index (χ1v) is 23.1. The molecule has 2 heteroatoms. The average molecular weight is 843 g/mol. The van der Waals surface area contributed by atoms with Crippen LogP contribution in [0.2, 0.25) is 0 Å². The number of rotatable bonds is 6. The third-order valence-electron chi connectivity index (χ3n) is 14.7. The van der Waals surface area contributed by atoms with Crippen LogP contribution in [0.15, 0.2) is 243 Å². The Labute approximate surface area is 387 Å². The molecule has 0 fully saturated rings. The summed E-state index contributed by atoms with van der Waals surface area (Å²) < 4.78 is 0. The van der Waals surface area contributed by atoms with E-state index in [0.717, 1.165) is 17.1 Å². The zero-order chi connectivity index (χ0) is 44.0. The molecule has 0 amide bonds. The van der Waals surface area contributed by atoms with Gasteiger partial charge in [-0.2, -0.15) is 0 Å². The molecule has 0 radical (unpaired) electrons. The van der Waals surface area contributed by atoms with E-state index in [1.807, 2.05) is 0 Å². The monoisotopic (exact) mass is 842 g/mol. The topological polar surface area (TPSA) is 6.48 Å². The van der Waals surface area contributed by atoms with Gasteiger partial charge < -0.3 is 9.80 Å². The fourth-order valence-corrected chi connectivity index (χ4v) is 12.0. The average Bonchev–Trinajstić information content (AvgIpc) is 3.81. The minimum absolute atomic E-state index is 0.167. The van der Waals surface area contributed by atoms with Gasteiger partial charge in [0, 0.05) is 27.8 Å². The van der Waals surface area contributed by atoms with Gasteiger partial charge in [0.1, 0.15) is 0 Å². The first kappa shape index (κ1) is 38.3. The van der Waals surface area contributed by atoms with E-state index in [2.05, 4.69) is 266 Å². The summed E-state index contributed by atoms with van der Waals surface area (Å²) in [6.45, 7) is 4.75. The van der Waals surface area contributed by atoms with Crippen LogP contribution in [0.4, 0.5) is 34.1 Å². The van der Waals surface area contributed by atoms with Gasteiger partial charge >= 0.3 is 0 Å². The number of anilines is 6. The minimum atomic E-state index is -0.627. The number of benzene rings is 10. The van der Waals surface area contributed by atoms with Crippen LogP contribution >= 0.6 is 0 Å². The van der Waals surface area contributed by atoms with Gasteiger partial charge in [0.05, 0.1) is 33.9 Å². The standard InChI is InChI=1S/C64H46N2/c1-63(2)51-33-13-10-30-50(51)61-55(63)37-22-42-60(61)66(56-38-17-11-27-45(56)43-23-5-3-6-24-43)57-39-18-12-29-47(57)49-32-21-31-48-46-28-9-14-34-52(46)64(62(48)49)53-35-15-19-40-58(53)65(44-25-7-4-8-26-44)59-41-20-16-36-54(59)64/h3-42H,1-2H3. The lowest BCUT2D eigenvalue weighted by Gasteiger charge is -2.45. The Hall–Kier alpha value is -8.20. The van der Waals surface area contributed by atoms with Crippen LogP contribution in [-0.4, -0.2) is 0 Å². The molecule has 10 aromatic rings. The second-order valence-corrected chi connectivity index (χ2v) is 18.3. The summed E-state index contributed by atoms with van der Waals surface area (Å²) in [6.07, 6.45) is 0. The molecule has 0 saturated carbocycles. The van der Waals surface area contributed by atoms with E-state index >= 15 is 0 Å². The molecule has 66 heavy (non-hydrogen) atoms. The molecule has 1 heterocycles. The van der Waals surface area contributed by atoms with Gasteiger partial charge in [-0.1, -0.05) is 214 Å². The molecule has 2 aliphatic carbocycles. The molecule has 0 N–H and O–H groups in total. The van der Waals surface area contributed by atoms with E-state index in [9.17, 15) is 0 Å². The van der Waals surface area contributed by atoms with E-state index in [-0.39, 0.29) is 5.41 Å². The molecule has 0 unspecified atom stereocenters. The second kappa shape index (κ2) is 14.7. The van der Waals surface area contributed by atoms with Crippen molar-refractivity contribution in [1.29, 1.82) is 0 Å². The largest absolute Gasteiger partial charge is 0.310 e. The predicted molar refractivity (Wildman–Crippen MR) is 275 cm³/mol. The van der Waals surface area contributed by atoms with Crippen molar-refractivity contribution in [2.75, 3.05) is 9.80 Å². The molecule has 0 aromatic heterocycles. The van der Waals surface area contributed by atoms with Crippen molar-refractivity contribution in [1.82, 2.24) is 0 Å². The van der Waals surface area contributed by atoms with Crippen molar-refractivity contribution in [3.8, 4) is 44.5 Å². The zero-order valence-corrected chi connectivity index (χ0v) is 37.0. The maximum atomic E-state index is 2.57. The van der Waals surface area contributed by atoms with E-state index in [1.54, 1.807) is 0 Å². The first-order valence-electron chi connectivity index (χ1n) is 23.1. The Bertz CT molecular complexity index is 3480. The highest BCUT2D eigenvalue weighted by Gasteiger charge is 2.53. The van der Waals surface area contributed by atoms with Gasteiger partial charge in [0.15, 0.2) is 0 Å². The van der Waals surface area contributed by atoms with Crippen LogP contribution in [-0.2, 0) is 10.8 Å². The molecule has 0 bridgehead atoms. The number of hydrogen-bond donors (Lipinski definition) is 0. The van der Waals surface area contributed by atoms with Crippen molar-refractivity contribution in [2.45, 2.75) is 24.7 Å². The van der Waals surface area contributed by atoms with Gasteiger partial charge in [-0.3, -0.25) is 0 Å². The molecular formula is C64H46N2. The summed E-state index contributed by atoms with van der Waals surface area (Å²) in [6, 6.07) is 90.2. The quantitative estimate of drug-likeness (QED) is 0.165. The smallest absolute Gasteiger partial charge is 0.0760 e. The Morgan fingerprint density at radius 1 is 0.318 bits per heavy atom. The van der Waals surface area contributed by atoms with Crippen LogP contribution in [0.3, 0.4) is 0 Å². The molecular weight excluding hydrogens is 797 g/mol. The summed E-state index contributed by atoms with van der Waals surface area (Å²) in [7, 11) is 0. The molecule has 3 aliphatic rings. The van der Waals surface area contributed by atoms with Crippen molar-refractivity contribution in [3.63, 3.8) is 0 Å². The Balaban J connectivity index is 1.13. The van der Waals surface area contributed by atoms with Crippen LogP contribution in [0, 0.1) is 0 Å². The van der Waals surface area contributed by atoms with Gasteiger partial charge in [0.25, 0.3) is 0 Å². The summed E-state index contributed by atoms with van der Waals surface area (Å²) in [5.41, 5.74) is 23.9. The summed E-state index contributed by atoms with van der Waals surface area (Å²) in [5.74, 6) is 0. The third-order valence-corrected chi connectivity index (χ3v) is 14.7. The molecule has 10 aromatic carbocycles. The summed E-state index contributed by atoms with van der Waals surface area (Å²) in [5, 5.41) is 0. The van der Waals surface area contributed by atoms with E-state index < -0.39 is 5.41 Å². The van der Waals surface area contributed by atoms with Crippen LogP contribution in [0.25, 0.3) is 44.5 Å². The van der Waals surface area contributed by atoms with E-state index in [1.165, 1.54) is 95.0 Å². The van der Waals surface area contributed by atoms with Crippen LogP contribution < -0.4 is 9.80 Å². The molecule has 1 aliphatic heterocycles. The number of para-hydroxylation sites is 5. The molecule has 13 rings (SSSR count). The summed E-state index contributed by atoms with van der Waals surface area (Å²) >= 11 is 0. The molecule has 0 saturated heterocycles. The molecule has 2 nitrogen and oxygen atoms in total. The third kappa shape index (κ3) is 5.30. The lowest BCUT2D eigenvalue weighted by molar-refractivity contribution is 0.660. The van der Waals surface area contributed by atoms with Crippen molar-refractivity contribution in [2.24, 2.45) is 0 Å². The number of nitrogens with zero attached hydrogens (tertiary/aromatic N) is 2. The zero-order valence-electron chi connectivity index (χ0n) is 37.0. The van der Waals surface area contributed by atoms with E-state index in [4.69, 9.17) is 0 Å². The molecule has 1 spiro atoms. The predicted octanol–water partition coefficient (Wildman–Crippen LogP) is 16.9. The first-order chi connectivity index (χ1) is 32.6. The van der Waals surface area contributed by atoms with Crippen LogP contribution in [0.5, 0.6) is 0 Å². The highest BCUT2D eigenvalue weighted by atomic mass is 15.2. The Morgan fingerprint density at radius 2 is 0.758 bits per heavy atom. The fraction of sp³-hybridized carbons (Fsp3) is 0.0625. The SMILES string of the molecule is CC1(C)c2ccccc2-c2c(N(c3ccccc3-c3ccccc3)c3ccccc3-c3cccc4c3C3(c5ccccc5-4)c4ccccc4N(c4ccccc4)c4ccccc43)cccc21. The van der Waals surface area contributed by atoms with Gasteiger partial charge in [-0.05, 0) is 104 Å². The maximum Gasteiger partial charge on any atom is 0.0760 e. The van der Waals surface area contributed by atoms with Crippen LogP contribution in [0.1, 0.15) is 47.2 Å². The normalized spacial score (nSPS) is 14.1. The van der Waals surface area contributed by atoms with Crippen molar-refractivity contribution < 1.29 is 0 Å². The lowest BCUT2D eigenvalue weighted by atomic mass is 9.63. The summed E-state index contributed by atoms with van der Waals surface area (Å²) in [4.78, 5) is 5.04. The van der Waals surface area contributed by atoms with Crippen molar-refractivity contribution in [3.05, 3.63) is 276 Å². The number of hydrogen-bond acceptors (Lipinski definition) is 2. The minimum Gasteiger partial charge on any atom is -0.310 e. The lowest BCUT2D eigenvalue weighted by Crippen LogP contribution is -2.36. The van der Waals surface area contributed by atoms with Gasteiger partial charge in [-0.25, -0.2) is 0 Å². The van der Waals surface area contributed by atoms with Crippen molar-refractivity contribution >= 4 is 34.1 Å². The van der Waals surface area contributed by atoms with E-state index in [0.29, 0.717) is 0 Å². The maximum absolute atomic E-state index is 2.57. The Kier molecular flexibility index (Phi) is 8.51. The fourth-order valence-electron chi connectivity index (χ4n) is 12.0. The van der Waals surface area contributed by atoms with Gasteiger partial charge in [0.2, 0.25) is 0 Å². The molecule has 312 valence electrons. The van der Waals surface area contributed by atoms with Gasteiger partial charge in [-0.15, -0.1) is 0 Å². The number of fused-ring (bicyclic) bond motifs is 12.